The fraction of sp³-hybridized carbons (Fsp3) is 0.429. The summed E-state index contributed by atoms with van der Waals surface area (Å²) in [5.41, 5.74) is 4.92. The van der Waals surface area contributed by atoms with Gasteiger partial charge >= 0.3 is 6.03 Å². The molecule has 1 atom stereocenters. The molecule has 3 aliphatic rings. The lowest BCUT2D eigenvalue weighted by Gasteiger charge is -2.40. The summed E-state index contributed by atoms with van der Waals surface area (Å²) < 4.78 is 21.3. The molecule has 3 saturated heterocycles. The minimum Gasteiger partial charge on any atom is -0.496 e. The Morgan fingerprint density at radius 3 is 2.34 bits per heavy atom. The van der Waals surface area contributed by atoms with E-state index in [2.05, 4.69) is 40.5 Å². The van der Waals surface area contributed by atoms with Gasteiger partial charge in [0.1, 0.15) is 11.6 Å². The van der Waals surface area contributed by atoms with Gasteiger partial charge in [0.25, 0.3) is 5.56 Å². The Morgan fingerprint density at radius 2 is 1.64 bits per heavy atom. The number of carbonyl (C=O) groups excluding carboxylic acids is 3. The van der Waals surface area contributed by atoms with Crippen molar-refractivity contribution < 1.29 is 23.5 Å². The van der Waals surface area contributed by atoms with Crippen LogP contribution in [0, 0.1) is 11.7 Å². The third-order valence-corrected chi connectivity index (χ3v) is 11.6. The molecule has 0 radical (unpaired) electrons. The fourth-order valence-electron chi connectivity index (χ4n) is 8.35. The minimum absolute atomic E-state index is 0.104. The van der Waals surface area contributed by atoms with Gasteiger partial charge in [0.2, 0.25) is 11.8 Å². The van der Waals surface area contributed by atoms with Crippen LogP contribution >= 0.6 is 0 Å². The maximum Gasteiger partial charge on any atom is 0.319 e. The third kappa shape index (κ3) is 7.85. The number of ether oxygens (including phenoxy) is 1. The van der Waals surface area contributed by atoms with Crippen LogP contribution < -0.4 is 15.6 Å². The summed E-state index contributed by atoms with van der Waals surface area (Å²) in [6.45, 7) is 3.91. The van der Waals surface area contributed by atoms with E-state index in [0.717, 1.165) is 86.4 Å². The van der Waals surface area contributed by atoms with E-state index in [4.69, 9.17) is 4.74 Å². The van der Waals surface area contributed by atoms with E-state index in [9.17, 15) is 23.6 Å². The highest BCUT2D eigenvalue weighted by molar-refractivity contribution is 5.98. The van der Waals surface area contributed by atoms with Crippen LogP contribution in [0.25, 0.3) is 21.9 Å². The highest BCUT2D eigenvalue weighted by Gasteiger charge is 2.31. The van der Waals surface area contributed by atoms with Crippen LogP contribution in [0.3, 0.4) is 0 Å². The van der Waals surface area contributed by atoms with Gasteiger partial charge in [-0.25, -0.2) is 9.18 Å². The topological polar surface area (TPSA) is 104 Å². The number of methoxy groups -OCH3 is 1. The number of urea groups is 1. The Balaban J connectivity index is 0.901. The number of halogens is 1. The maximum atomic E-state index is 14.0. The number of carbonyl (C=O) groups is 3. The highest BCUT2D eigenvalue weighted by Crippen LogP contribution is 2.34. The Hall–Kier alpha value is -5.03. The Kier molecular flexibility index (Phi) is 10.6. The second kappa shape index (κ2) is 15.5. The molecule has 4 amide bonds. The van der Waals surface area contributed by atoms with Crippen molar-refractivity contribution in [3.05, 3.63) is 99.7 Å². The zero-order valence-electron chi connectivity index (χ0n) is 30.8. The first kappa shape index (κ1) is 36.3. The highest BCUT2D eigenvalue weighted by atomic mass is 19.1. The maximum absolute atomic E-state index is 14.0. The number of amides is 4. The SMILES string of the molecule is COc1cc(-c2cn(C)c(=O)c3cc(F)ccc23)ccc1CN1CCC(N(C)C(=O)N2CCC(c3ccc(CC4CCC(=O)NC4=O)cc3)CC2)CC1. The van der Waals surface area contributed by atoms with Crippen molar-refractivity contribution in [2.75, 3.05) is 40.3 Å². The molecule has 10 nitrogen and oxygen atoms in total. The molecule has 4 aromatic rings. The summed E-state index contributed by atoms with van der Waals surface area (Å²) in [6, 6.07) is 19.2. The number of benzene rings is 3. The van der Waals surface area contributed by atoms with E-state index in [1.807, 2.05) is 29.0 Å². The number of nitrogens with zero attached hydrogens (tertiary/aromatic N) is 4. The van der Waals surface area contributed by atoms with Gasteiger partial charge in [-0.15, -0.1) is 0 Å². The number of hydrogen-bond donors (Lipinski definition) is 1. The van der Waals surface area contributed by atoms with Crippen molar-refractivity contribution in [3.63, 3.8) is 0 Å². The van der Waals surface area contributed by atoms with Crippen LogP contribution in [0.1, 0.15) is 61.1 Å². The molecule has 1 unspecified atom stereocenters. The molecule has 7 rings (SSSR count). The van der Waals surface area contributed by atoms with E-state index < -0.39 is 5.82 Å². The number of hydrogen-bond acceptors (Lipinski definition) is 6. The molecule has 0 bridgehead atoms. The van der Waals surface area contributed by atoms with Crippen LogP contribution in [-0.2, 0) is 29.6 Å². The van der Waals surface area contributed by atoms with Crippen molar-refractivity contribution in [1.82, 2.24) is 24.6 Å². The molecule has 278 valence electrons. The molecule has 1 N–H and O–H groups in total. The average Bonchev–Trinajstić information content (AvgIpc) is 3.17. The lowest BCUT2D eigenvalue weighted by atomic mass is 9.87. The first-order valence-electron chi connectivity index (χ1n) is 18.7. The average molecular weight is 722 g/mol. The van der Waals surface area contributed by atoms with Crippen LogP contribution in [0.5, 0.6) is 5.75 Å². The molecule has 3 aliphatic heterocycles. The zero-order valence-corrected chi connectivity index (χ0v) is 30.8. The molecule has 11 heteroatoms. The van der Waals surface area contributed by atoms with E-state index >= 15 is 0 Å². The summed E-state index contributed by atoms with van der Waals surface area (Å²) in [4.78, 5) is 56.3. The number of imide groups is 1. The number of aryl methyl sites for hydroxylation is 1. The molecule has 0 saturated carbocycles. The summed E-state index contributed by atoms with van der Waals surface area (Å²) >= 11 is 0. The second-order valence-corrected chi connectivity index (χ2v) is 14.9. The standard InChI is InChI=1S/C42H48FN5O5/c1-45-26-37(35-12-11-33(43)24-36(35)41(45)51)30-8-9-32(38(23-30)53-3)25-47-18-16-34(17-19-47)46(2)42(52)48-20-14-29(15-21-48)28-6-4-27(5-7-28)22-31-10-13-39(49)44-40(31)50/h4-9,11-12,23-24,26,29,31,34H,10,13-22,25H2,1-3H3,(H,44,49,50). The molecule has 3 aromatic carbocycles. The van der Waals surface area contributed by atoms with Gasteiger partial charge < -0.3 is 19.1 Å². The molecule has 0 aliphatic carbocycles. The number of piperidine rings is 3. The molecular formula is C42H48FN5O5. The molecule has 3 fully saturated rings. The van der Waals surface area contributed by atoms with E-state index in [1.165, 1.54) is 22.3 Å². The zero-order chi connectivity index (χ0) is 37.2. The van der Waals surface area contributed by atoms with Gasteiger partial charge in [-0.05, 0) is 84.7 Å². The first-order valence-corrected chi connectivity index (χ1v) is 18.7. The van der Waals surface area contributed by atoms with Gasteiger partial charge in [-0.3, -0.25) is 24.6 Å². The first-order chi connectivity index (χ1) is 25.6. The van der Waals surface area contributed by atoms with Gasteiger partial charge in [-0.1, -0.05) is 42.5 Å². The Morgan fingerprint density at radius 1 is 0.906 bits per heavy atom. The fourth-order valence-corrected chi connectivity index (χ4v) is 8.35. The number of aromatic nitrogens is 1. The van der Waals surface area contributed by atoms with Crippen LogP contribution in [0.2, 0.25) is 0 Å². The summed E-state index contributed by atoms with van der Waals surface area (Å²) in [7, 11) is 5.28. The predicted molar refractivity (Wildman–Crippen MR) is 202 cm³/mol. The number of fused-ring (bicyclic) bond motifs is 1. The number of likely N-dealkylation sites (tertiary alicyclic amines) is 2. The van der Waals surface area contributed by atoms with Gasteiger partial charge in [0, 0.05) is 82.5 Å². The lowest BCUT2D eigenvalue weighted by Crippen LogP contribution is -2.51. The number of pyridine rings is 1. The van der Waals surface area contributed by atoms with Crippen molar-refractivity contribution in [2.45, 2.75) is 63.5 Å². The van der Waals surface area contributed by atoms with Crippen molar-refractivity contribution in [2.24, 2.45) is 13.0 Å². The Bertz CT molecular complexity index is 2070. The van der Waals surface area contributed by atoms with Crippen molar-refractivity contribution in [3.8, 4) is 16.9 Å². The molecular weight excluding hydrogens is 673 g/mol. The van der Waals surface area contributed by atoms with E-state index in [1.54, 1.807) is 26.4 Å². The van der Waals surface area contributed by atoms with E-state index in [-0.39, 0.29) is 35.4 Å². The summed E-state index contributed by atoms with van der Waals surface area (Å²) in [5, 5.41) is 3.49. The van der Waals surface area contributed by atoms with Crippen LogP contribution in [0.4, 0.5) is 9.18 Å². The normalized spacial score (nSPS) is 19.0. The predicted octanol–water partition coefficient (Wildman–Crippen LogP) is 5.84. The monoisotopic (exact) mass is 721 g/mol. The van der Waals surface area contributed by atoms with Gasteiger partial charge in [0.15, 0.2) is 0 Å². The molecule has 1 aromatic heterocycles. The molecule has 4 heterocycles. The minimum atomic E-state index is -0.440. The van der Waals surface area contributed by atoms with Crippen LogP contribution in [-0.4, -0.2) is 83.5 Å². The van der Waals surface area contributed by atoms with Crippen molar-refractivity contribution >= 4 is 28.6 Å². The van der Waals surface area contributed by atoms with Gasteiger partial charge in [0.05, 0.1) is 12.5 Å². The quantitative estimate of drug-likeness (QED) is 0.229. The molecule has 53 heavy (non-hydrogen) atoms. The molecule has 0 spiro atoms. The van der Waals surface area contributed by atoms with Gasteiger partial charge in [-0.2, -0.15) is 0 Å². The lowest BCUT2D eigenvalue weighted by molar-refractivity contribution is -0.136. The number of nitrogens with one attached hydrogen (secondary N) is 1. The largest absolute Gasteiger partial charge is 0.496 e. The van der Waals surface area contributed by atoms with E-state index in [0.29, 0.717) is 36.0 Å². The van der Waals surface area contributed by atoms with Crippen molar-refractivity contribution in [1.29, 1.82) is 0 Å². The second-order valence-electron chi connectivity index (χ2n) is 14.9. The van der Waals surface area contributed by atoms with Crippen LogP contribution in [0.15, 0.2) is 71.7 Å². The summed E-state index contributed by atoms with van der Waals surface area (Å²) in [5.74, 6) is 0.203. The Labute approximate surface area is 309 Å². The smallest absolute Gasteiger partial charge is 0.319 e. The number of rotatable bonds is 8. The third-order valence-electron chi connectivity index (χ3n) is 11.6. The summed E-state index contributed by atoms with van der Waals surface area (Å²) in [6.07, 6.45) is 7.05.